The van der Waals surface area contributed by atoms with Gasteiger partial charge in [-0.15, -0.1) is 70.8 Å². The van der Waals surface area contributed by atoms with Crippen LogP contribution in [0.5, 0.6) is 0 Å². The number of rotatable bonds is 1. The summed E-state index contributed by atoms with van der Waals surface area (Å²) in [4.78, 5) is 0. The Morgan fingerprint density at radius 2 is 1.37 bits per heavy atom. The predicted molar refractivity (Wildman–Crippen MR) is 125 cm³/mol. The van der Waals surface area contributed by atoms with E-state index in [-0.39, 0.29) is 0 Å². The molecule has 146 valence electrons. The maximum atomic E-state index is 4.93. The van der Waals surface area contributed by atoms with Gasteiger partial charge in [-0.2, -0.15) is 22.6 Å². The zero-order chi connectivity index (χ0) is 20.8. The van der Waals surface area contributed by atoms with Crippen molar-refractivity contribution in [3.05, 3.63) is 109 Å². The van der Waals surface area contributed by atoms with Gasteiger partial charge < -0.3 is 0 Å². The molecule has 0 spiro atoms. The topological polar surface area (TPSA) is 17.8 Å². The largest absolute Gasteiger partial charge is 0.259 e. The van der Waals surface area contributed by atoms with Crippen LogP contribution in [0.15, 0.2) is 109 Å². The molecule has 0 amide bonds. The Labute approximate surface area is 194 Å². The van der Waals surface area contributed by atoms with Gasteiger partial charge in [-0.05, 0) is 11.8 Å². The Hall–Kier alpha value is -2.19. The third kappa shape index (κ3) is 4.92. The molecule has 6 aromatic rings. The van der Waals surface area contributed by atoms with Gasteiger partial charge in [-0.1, -0.05) is 30.3 Å². The van der Waals surface area contributed by atoms with Gasteiger partial charge in [0, 0.05) is 11.6 Å². The third-order valence-electron chi connectivity index (χ3n) is 4.83. The molecule has 6 rings (SSSR count). The molecule has 1 aromatic heterocycles. The zero-order valence-electron chi connectivity index (χ0n) is 16.0. The Kier molecular flexibility index (Phi) is 7.17. The average molecular weight is 509 g/mol. The normalized spacial score (nSPS) is 10.2. The molecular formula is C25H18Cl2N2Zr. The van der Waals surface area contributed by atoms with Gasteiger partial charge in [-0.25, -0.2) is 0 Å². The van der Waals surface area contributed by atoms with E-state index in [4.69, 9.17) is 17.0 Å². The van der Waals surface area contributed by atoms with Gasteiger partial charge in [0.2, 0.25) is 0 Å². The van der Waals surface area contributed by atoms with E-state index in [9.17, 15) is 0 Å². The minimum atomic E-state index is -0.826. The van der Waals surface area contributed by atoms with Crippen molar-refractivity contribution in [1.29, 1.82) is 0 Å². The number of hydrogen-bond acceptors (Lipinski definition) is 1. The number of halogens is 2. The smallest absolute Gasteiger partial charge is 0.0927 e. The summed E-state index contributed by atoms with van der Waals surface area (Å²) in [5, 5.41) is 10.9. The van der Waals surface area contributed by atoms with Crippen LogP contribution in [0.1, 0.15) is 0 Å². The predicted octanol–water partition coefficient (Wildman–Crippen LogP) is 7.83. The summed E-state index contributed by atoms with van der Waals surface area (Å²) in [7, 11) is 9.87. The molecular weight excluding hydrogens is 490 g/mol. The summed E-state index contributed by atoms with van der Waals surface area (Å²) in [5.74, 6) is 0. The number of hydrogen-bond donors (Lipinski definition) is 0. The Bertz CT molecular complexity index is 1200. The second-order valence-corrected chi connectivity index (χ2v) is 10.4. The molecule has 0 bridgehead atoms. The van der Waals surface area contributed by atoms with E-state index in [1.165, 1.54) is 26.9 Å². The van der Waals surface area contributed by atoms with Crippen LogP contribution in [0, 0.1) is 0 Å². The number of benzene rings is 3. The van der Waals surface area contributed by atoms with Crippen LogP contribution >= 0.6 is 17.0 Å². The van der Waals surface area contributed by atoms with Crippen molar-refractivity contribution in [2.75, 3.05) is 0 Å². The maximum Gasteiger partial charge on any atom is 0.0927 e. The van der Waals surface area contributed by atoms with E-state index in [0.717, 1.165) is 11.2 Å². The monoisotopic (exact) mass is 506 g/mol. The van der Waals surface area contributed by atoms with Crippen LogP contribution in [-0.4, -0.2) is 9.78 Å². The quantitative estimate of drug-likeness (QED) is 0.207. The van der Waals surface area contributed by atoms with E-state index < -0.39 is 20.8 Å². The molecule has 30 heavy (non-hydrogen) atoms. The molecule has 0 saturated heterocycles. The van der Waals surface area contributed by atoms with Crippen LogP contribution in [-0.2, 0) is 20.8 Å². The van der Waals surface area contributed by atoms with Crippen molar-refractivity contribution in [2.45, 2.75) is 0 Å². The minimum Gasteiger partial charge on any atom is -0.259 e. The van der Waals surface area contributed by atoms with Crippen molar-refractivity contribution in [3.63, 3.8) is 0 Å². The molecule has 0 saturated carbocycles. The standard InChI is InChI=1S/C16H11N2.C9H7.2ClH.Zr/c1-2-6-13-10-15(9-12(13)5-1)18-11-14-7-3-4-8-16(14)17-18;1-2-5-9-7-3-6-8(9)4-1;;;/h1-11H;1-7H;2*1H;/q2*-1;;;+4/p-2. The van der Waals surface area contributed by atoms with Crippen LogP contribution in [0.25, 0.3) is 38.1 Å². The van der Waals surface area contributed by atoms with E-state index >= 15 is 0 Å². The van der Waals surface area contributed by atoms with Gasteiger partial charge in [0.25, 0.3) is 0 Å². The molecule has 0 unspecified atom stereocenters. The van der Waals surface area contributed by atoms with Gasteiger partial charge >= 0.3 is 37.9 Å². The maximum absolute atomic E-state index is 4.93. The molecule has 0 aliphatic rings. The molecule has 1 heterocycles. The fraction of sp³-hybridized carbons (Fsp3) is 0. The molecule has 2 nitrogen and oxygen atoms in total. The summed E-state index contributed by atoms with van der Waals surface area (Å²) >= 11 is -0.826. The zero-order valence-corrected chi connectivity index (χ0v) is 20.0. The summed E-state index contributed by atoms with van der Waals surface area (Å²) in [5.41, 5.74) is 2.15. The number of fused-ring (bicyclic) bond motifs is 3. The van der Waals surface area contributed by atoms with Gasteiger partial charge in [0.05, 0.1) is 5.52 Å². The van der Waals surface area contributed by atoms with Gasteiger partial charge in [-0.3, -0.25) is 4.68 Å². The first kappa shape index (κ1) is 21.1. The second kappa shape index (κ2) is 10.2. The molecule has 0 fully saturated rings. The fourth-order valence-electron chi connectivity index (χ4n) is 3.43. The molecule has 0 atom stereocenters. The van der Waals surface area contributed by atoms with Crippen molar-refractivity contribution in [2.24, 2.45) is 0 Å². The van der Waals surface area contributed by atoms with E-state index in [1.54, 1.807) is 0 Å². The summed E-state index contributed by atoms with van der Waals surface area (Å²) < 4.78 is 1.95. The van der Waals surface area contributed by atoms with Gasteiger partial charge in [0.1, 0.15) is 0 Å². The van der Waals surface area contributed by atoms with Crippen LogP contribution < -0.4 is 0 Å². The van der Waals surface area contributed by atoms with Crippen LogP contribution in [0.4, 0.5) is 0 Å². The average Bonchev–Trinajstić information content (AvgIpc) is 3.51. The first-order chi connectivity index (χ1) is 14.8. The van der Waals surface area contributed by atoms with Crippen molar-refractivity contribution in [1.82, 2.24) is 9.78 Å². The van der Waals surface area contributed by atoms with E-state index in [0.29, 0.717) is 0 Å². The van der Waals surface area contributed by atoms with Crippen molar-refractivity contribution < 1.29 is 20.8 Å². The summed E-state index contributed by atoms with van der Waals surface area (Å²) in [6, 6.07) is 35.6. The van der Waals surface area contributed by atoms with Crippen LogP contribution in [0.2, 0.25) is 0 Å². The van der Waals surface area contributed by atoms with Gasteiger partial charge in [0.15, 0.2) is 0 Å². The fourth-order valence-corrected chi connectivity index (χ4v) is 3.43. The summed E-state index contributed by atoms with van der Waals surface area (Å²) in [6.45, 7) is 0. The number of aromatic nitrogens is 2. The first-order valence-electron chi connectivity index (χ1n) is 9.45. The second-order valence-electron chi connectivity index (χ2n) is 6.70. The molecule has 0 radical (unpaired) electrons. The Morgan fingerprint density at radius 3 is 2.07 bits per heavy atom. The molecule has 0 aliphatic heterocycles. The van der Waals surface area contributed by atoms with Crippen LogP contribution in [0.3, 0.4) is 0 Å². The molecule has 5 heteroatoms. The minimum absolute atomic E-state index is 0.826. The molecule has 5 aromatic carbocycles. The number of nitrogens with zero attached hydrogens (tertiary/aromatic N) is 2. The van der Waals surface area contributed by atoms with E-state index in [2.05, 4.69) is 96.2 Å². The van der Waals surface area contributed by atoms with Crippen molar-refractivity contribution >= 4 is 49.5 Å². The first-order valence-corrected chi connectivity index (χ1v) is 15.8. The summed E-state index contributed by atoms with van der Waals surface area (Å²) in [6.07, 6.45) is 2.07. The molecule has 0 aliphatic carbocycles. The van der Waals surface area contributed by atoms with E-state index in [1.807, 2.05) is 22.9 Å². The Morgan fingerprint density at radius 1 is 0.733 bits per heavy atom. The Balaban J connectivity index is 0.000000152. The third-order valence-corrected chi connectivity index (χ3v) is 4.83. The molecule has 0 N–H and O–H groups in total. The SMILES string of the molecule is [Cl][Zr+2][Cl].c1ccc2[cH-]c(-n3cc4ccccc4n3)cc2c1.c1ccc2[cH-]ccc2c1. The van der Waals surface area contributed by atoms with Crippen molar-refractivity contribution in [3.8, 4) is 5.69 Å².